The second kappa shape index (κ2) is 4.40. The monoisotopic (exact) mass is 287 g/mol. The Balaban J connectivity index is 1.94. The summed E-state index contributed by atoms with van der Waals surface area (Å²) in [5.74, 6) is 0. The molecule has 0 saturated carbocycles. The van der Waals surface area contributed by atoms with E-state index in [4.69, 9.17) is 4.98 Å². The molecule has 102 valence electrons. The van der Waals surface area contributed by atoms with Crippen molar-refractivity contribution in [1.82, 2.24) is 4.98 Å². The van der Waals surface area contributed by atoms with Crippen molar-refractivity contribution in [3.05, 3.63) is 66.9 Å². The second-order valence-electron chi connectivity index (χ2n) is 6.15. The van der Waals surface area contributed by atoms with Gasteiger partial charge in [0.2, 0.25) is 0 Å². The third-order valence-corrected chi connectivity index (χ3v) is 8.08. The van der Waals surface area contributed by atoms with E-state index < -0.39 is 8.07 Å². The second-order valence-corrected chi connectivity index (χ2v) is 10.5. The maximum absolute atomic E-state index is 4.71. The number of hydrogen-bond acceptors (Lipinski definition) is 1. The number of benzene rings is 2. The molecule has 0 amide bonds. The zero-order chi connectivity index (χ0) is 14.4. The van der Waals surface area contributed by atoms with Crippen LogP contribution in [0.5, 0.6) is 0 Å². The third kappa shape index (κ3) is 1.79. The van der Waals surface area contributed by atoms with Crippen LogP contribution in [0.25, 0.3) is 22.4 Å². The molecule has 3 aromatic rings. The molecular formula is C19H17NSi. The minimum Gasteiger partial charge on any atom is -0.256 e. The molecule has 0 fully saturated rings. The number of nitrogens with zero attached hydrogens (tertiary/aromatic N) is 1. The van der Waals surface area contributed by atoms with Gasteiger partial charge in [0.05, 0.1) is 5.69 Å². The molecular weight excluding hydrogens is 270 g/mol. The highest BCUT2D eigenvalue weighted by Gasteiger charge is 2.37. The minimum absolute atomic E-state index is 1.09. The van der Waals surface area contributed by atoms with Crippen molar-refractivity contribution in [2.45, 2.75) is 13.1 Å². The first-order chi connectivity index (χ1) is 10.2. The summed E-state index contributed by atoms with van der Waals surface area (Å²) in [6.07, 6.45) is 2.07. The summed E-state index contributed by atoms with van der Waals surface area (Å²) in [7, 11) is -1.59. The van der Waals surface area contributed by atoms with Crippen LogP contribution in [0, 0.1) is 0 Å². The van der Waals surface area contributed by atoms with Crippen LogP contribution in [-0.2, 0) is 0 Å². The zero-order valence-corrected chi connectivity index (χ0v) is 13.3. The third-order valence-electron chi connectivity index (χ3n) is 4.54. The lowest BCUT2D eigenvalue weighted by molar-refractivity contribution is 1.34. The van der Waals surface area contributed by atoms with Crippen molar-refractivity contribution in [3.63, 3.8) is 0 Å². The van der Waals surface area contributed by atoms with Crippen molar-refractivity contribution < 1.29 is 0 Å². The van der Waals surface area contributed by atoms with Gasteiger partial charge in [0.15, 0.2) is 0 Å². The van der Waals surface area contributed by atoms with Gasteiger partial charge in [-0.15, -0.1) is 0 Å². The molecule has 1 aliphatic heterocycles. The van der Waals surface area contributed by atoms with E-state index in [1.54, 1.807) is 0 Å². The maximum Gasteiger partial charge on any atom is 0.114 e. The van der Waals surface area contributed by atoms with Crippen molar-refractivity contribution in [1.29, 1.82) is 0 Å². The molecule has 0 N–H and O–H groups in total. The summed E-state index contributed by atoms with van der Waals surface area (Å²) in [5, 5.41) is 3.05. The molecule has 21 heavy (non-hydrogen) atoms. The van der Waals surface area contributed by atoms with Crippen molar-refractivity contribution in [2.24, 2.45) is 0 Å². The molecule has 0 unspecified atom stereocenters. The van der Waals surface area contributed by atoms with Crippen LogP contribution in [0.1, 0.15) is 0 Å². The van der Waals surface area contributed by atoms with Gasteiger partial charge >= 0.3 is 0 Å². The molecule has 0 spiro atoms. The Morgan fingerprint density at radius 1 is 0.762 bits per heavy atom. The standard InChI is InChI=1S/C19H17NSi/c1-21(2)18-11-7-6-10-15(18)16-13-20-17(12-19(16)21)14-8-4-3-5-9-14/h3-13H,1-2H3. The zero-order valence-electron chi connectivity index (χ0n) is 12.3. The van der Waals surface area contributed by atoms with Crippen LogP contribution >= 0.6 is 0 Å². The Labute approximate surface area is 126 Å². The fraction of sp³-hybridized carbons (Fsp3) is 0.105. The number of rotatable bonds is 1. The van der Waals surface area contributed by atoms with E-state index >= 15 is 0 Å². The van der Waals surface area contributed by atoms with E-state index in [9.17, 15) is 0 Å². The van der Waals surface area contributed by atoms with Gasteiger partial charge in [0.1, 0.15) is 8.07 Å². The van der Waals surface area contributed by atoms with E-state index in [1.165, 1.54) is 27.1 Å². The predicted octanol–water partition coefficient (Wildman–Crippen LogP) is 3.55. The fourth-order valence-corrected chi connectivity index (χ4v) is 6.43. The number of pyridine rings is 1. The van der Waals surface area contributed by atoms with Gasteiger partial charge in [-0.3, -0.25) is 4.98 Å². The largest absolute Gasteiger partial charge is 0.256 e. The van der Waals surface area contributed by atoms with Gasteiger partial charge in [-0.05, 0) is 27.6 Å². The normalized spacial score (nSPS) is 14.6. The fourth-order valence-electron chi connectivity index (χ4n) is 3.36. The smallest absolute Gasteiger partial charge is 0.114 e. The van der Waals surface area contributed by atoms with Crippen molar-refractivity contribution in [2.75, 3.05) is 0 Å². The molecule has 0 saturated heterocycles. The molecule has 2 heterocycles. The summed E-state index contributed by atoms with van der Waals surface area (Å²) < 4.78 is 0. The van der Waals surface area contributed by atoms with Gasteiger partial charge < -0.3 is 0 Å². The van der Waals surface area contributed by atoms with E-state index in [2.05, 4.69) is 73.9 Å². The highest BCUT2D eigenvalue weighted by atomic mass is 28.3. The van der Waals surface area contributed by atoms with Gasteiger partial charge in [0.25, 0.3) is 0 Å². The Morgan fingerprint density at radius 3 is 2.29 bits per heavy atom. The Bertz CT molecular complexity index is 822. The van der Waals surface area contributed by atoms with Gasteiger partial charge in [-0.25, -0.2) is 0 Å². The first-order valence-electron chi connectivity index (χ1n) is 7.34. The molecule has 2 aromatic carbocycles. The minimum atomic E-state index is -1.59. The van der Waals surface area contributed by atoms with Crippen LogP contribution in [0.2, 0.25) is 13.1 Å². The lowest BCUT2D eigenvalue weighted by Gasteiger charge is -2.19. The number of fused-ring (bicyclic) bond motifs is 3. The predicted molar refractivity (Wildman–Crippen MR) is 91.9 cm³/mol. The average Bonchev–Trinajstić information content (AvgIpc) is 2.77. The first-order valence-corrected chi connectivity index (χ1v) is 10.3. The summed E-state index contributed by atoms with van der Waals surface area (Å²) in [6, 6.07) is 21.6. The number of hydrogen-bond donors (Lipinski definition) is 0. The molecule has 0 radical (unpaired) electrons. The summed E-state index contributed by atoms with van der Waals surface area (Å²) in [4.78, 5) is 4.71. The molecule has 1 aromatic heterocycles. The Morgan fingerprint density at radius 2 is 1.48 bits per heavy atom. The highest BCUT2D eigenvalue weighted by Crippen LogP contribution is 2.29. The lowest BCUT2D eigenvalue weighted by atomic mass is 10.1. The first kappa shape index (κ1) is 12.5. The van der Waals surface area contributed by atoms with Crippen LogP contribution < -0.4 is 10.4 Å². The Hall–Kier alpha value is -2.19. The molecule has 0 aliphatic carbocycles. The summed E-state index contributed by atoms with van der Waals surface area (Å²) >= 11 is 0. The van der Waals surface area contributed by atoms with Crippen LogP contribution in [-0.4, -0.2) is 13.1 Å². The van der Waals surface area contributed by atoms with Crippen LogP contribution in [0.4, 0.5) is 0 Å². The van der Waals surface area contributed by atoms with Gasteiger partial charge in [0, 0.05) is 11.8 Å². The maximum atomic E-state index is 4.71. The van der Waals surface area contributed by atoms with Crippen LogP contribution in [0.15, 0.2) is 66.9 Å². The molecule has 0 atom stereocenters. The van der Waals surface area contributed by atoms with Crippen LogP contribution in [0.3, 0.4) is 0 Å². The van der Waals surface area contributed by atoms with Crippen molar-refractivity contribution in [3.8, 4) is 22.4 Å². The summed E-state index contributed by atoms with van der Waals surface area (Å²) in [5.41, 5.74) is 5.00. The van der Waals surface area contributed by atoms with Gasteiger partial charge in [-0.2, -0.15) is 0 Å². The summed E-state index contributed by atoms with van der Waals surface area (Å²) in [6.45, 7) is 4.87. The van der Waals surface area contributed by atoms with E-state index in [1.807, 2.05) is 6.07 Å². The number of aromatic nitrogens is 1. The van der Waals surface area contributed by atoms with E-state index in [0.29, 0.717) is 0 Å². The molecule has 1 aliphatic rings. The van der Waals surface area contributed by atoms with Crippen molar-refractivity contribution >= 4 is 18.4 Å². The molecule has 2 heteroatoms. The lowest BCUT2D eigenvalue weighted by Crippen LogP contribution is -2.49. The topological polar surface area (TPSA) is 12.9 Å². The average molecular weight is 287 g/mol. The molecule has 1 nitrogen and oxygen atoms in total. The molecule has 0 bridgehead atoms. The Kier molecular flexibility index (Phi) is 2.63. The highest BCUT2D eigenvalue weighted by molar-refractivity contribution is 7.03. The molecule has 4 rings (SSSR count). The van der Waals surface area contributed by atoms with Gasteiger partial charge in [-0.1, -0.05) is 67.7 Å². The SMILES string of the molecule is C[Si]1(C)c2ccccc2-c2cnc(-c3ccccc3)cc21. The van der Waals surface area contributed by atoms with E-state index in [-0.39, 0.29) is 0 Å². The quantitative estimate of drug-likeness (QED) is 0.624. The van der Waals surface area contributed by atoms with E-state index in [0.717, 1.165) is 5.69 Å².